The van der Waals surface area contributed by atoms with Crippen molar-refractivity contribution in [1.29, 1.82) is 0 Å². The van der Waals surface area contributed by atoms with Gasteiger partial charge < -0.3 is 20.3 Å². The Kier molecular flexibility index (Phi) is 6.24. The number of nitrogens with one attached hydrogen (secondary N) is 2. The highest BCUT2D eigenvalue weighted by Crippen LogP contribution is 2.24. The van der Waals surface area contributed by atoms with Crippen molar-refractivity contribution >= 4 is 35.6 Å². The summed E-state index contributed by atoms with van der Waals surface area (Å²) in [6.07, 6.45) is 1.55. The average Bonchev–Trinajstić information content (AvgIpc) is 3.24. The number of imide groups is 1. The molecule has 0 saturated carbocycles. The minimum Gasteiger partial charge on any atom is -0.478 e. The molecule has 1 aromatic heterocycles. The van der Waals surface area contributed by atoms with Crippen molar-refractivity contribution < 1.29 is 24.3 Å². The Morgan fingerprint density at radius 3 is 2.43 bits per heavy atom. The third-order valence-electron chi connectivity index (χ3n) is 5.72. The summed E-state index contributed by atoms with van der Waals surface area (Å²) < 4.78 is 1.87. The van der Waals surface area contributed by atoms with Crippen LogP contribution in [0.4, 0.5) is 10.5 Å². The molecule has 0 spiro atoms. The summed E-state index contributed by atoms with van der Waals surface area (Å²) in [4.78, 5) is 49.9. The second kappa shape index (κ2) is 9.30. The quantitative estimate of drug-likeness (QED) is 0.374. The number of aromatic carboxylic acids is 1. The summed E-state index contributed by atoms with van der Waals surface area (Å²) in [6.45, 7) is 5.20. The van der Waals surface area contributed by atoms with E-state index in [1.165, 1.54) is 6.07 Å². The highest BCUT2D eigenvalue weighted by Gasteiger charge is 2.35. The van der Waals surface area contributed by atoms with Crippen molar-refractivity contribution in [3.63, 3.8) is 0 Å². The number of carbonyl (C=O) groups excluding carboxylic acids is 3. The zero-order chi connectivity index (χ0) is 25.3. The van der Waals surface area contributed by atoms with Crippen molar-refractivity contribution in [2.24, 2.45) is 0 Å². The molecule has 2 heterocycles. The number of aryl methyl sites for hydroxylation is 2. The van der Waals surface area contributed by atoms with Crippen LogP contribution in [0.25, 0.3) is 11.8 Å². The van der Waals surface area contributed by atoms with Gasteiger partial charge in [-0.05, 0) is 68.8 Å². The molecule has 4 rings (SSSR count). The number of benzene rings is 2. The summed E-state index contributed by atoms with van der Waals surface area (Å²) in [5, 5.41) is 14.5. The van der Waals surface area contributed by atoms with Crippen molar-refractivity contribution in [2.75, 3.05) is 11.9 Å². The van der Waals surface area contributed by atoms with Gasteiger partial charge in [0.15, 0.2) is 0 Å². The Hall–Kier alpha value is -4.66. The van der Waals surface area contributed by atoms with E-state index in [1.54, 1.807) is 36.4 Å². The number of carbonyl (C=O) groups is 4. The molecule has 3 aromatic rings. The van der Waals surface area contributed by atoms with Gasteiger partial charge in [-0.15, -0.1) is 0 Å². The fraction of sp³-hybridized carbons (Fsp3) is 0.154. The summed E-state index contributed by atoms with van der Waals surface area (Å²) in [5.41, 5.74) is 4.76. The van der Waals surface area contributed by atoms with Crippen LogP contribution in [-0.2, 0) is 9.59 Å². The molecule has 35 heavy (non-hydrogen) atoms. The van der Waals surface area contributed by atoms with Crippen LogP contribution in [0.15, 0.2) is 60.3 Å². The van der Waals surface area contributed by atoms with Gasteiger partial charge in [-0.1, -0.05) is 23.8 Å². The molecule has 0 radical (unpaired) electrons. The predicted octanol–water partition coefficient (Wildman–Crippen LogP) is 3.63. The van der Waals surface area contributed by atoms with Crippen LogP contribution in [0, 0.1) is 20.8 Å². The maximum absolute atomic E-state index is 12.9. The smallest absolute Gasteiger partial charge is 0.335 e. The van der Waals surface area contributed by atoms with Gasteiger partial charge in [0.05, 0.1) is 5.56 Å². The number of amides is 4. The van der Waals surface area contributed by atoms with Gasteiger partial charge in [-0.2, -0.15) is 0 Å². The Morgan fingerprint density at radius 2 is 1.74 bits per heavy atom. The molecule has 9 nitrogen and oxygen atoms in total. The molecule has 9 heteroatoms. The lowest BCUT2D eigenvalue weighted by Gasteiger charge is -2.12. The number of aromatic nitrogens is 1. The van der Waals surface area contributed by atoms with Gasteiger partial charge in [0, 0.05) is 22.8 Å². The highest BCUT2D eigenvalue weighted by molar-refractivity contribution is 6.16. The molecule has 4 amide bonds. The van der Waals surface area contributed by atoms with E-state index >= 15 is 0 Å². The molecule has 1 saturated heterocycles. The molecule has 3 N–H and O–H groups in total. The summed E-state index contributed by atoms with van der Waals surface area (Å²) in [7, 11) is 0. The van der Waals surface area contributed by atoms with E-state index in [-0.39, 0.29) is 11.3 Å². The molecule has 2 aromatic carbocycles. The lowest BCUT2D eigenvalue weighted by atomic mass is 10.2. The molecule has 0 atom stereocenters. The van der Waals surface area contributed by atoms with Gasteiger partial charge in [-0.25, -0.2) is 14.5 Å². The summed E-state index contributed by atoms with van der Waals surface area (Å²) >= 11 is 0. The average molecular weight is 473 g/mol. The van der Waals surface area contributed by atoms with Crippen LogP contribution in [-0.4, -0.2) is 44.9 Å². The van der Waals surface area contributed by atoms with Gasteiger partial charge in [0.2, 0.25) is 5.91 Å². The van der Waals surface area contributed by atoms with E-state index in [0.717, 1.165) is 21.9 Å². The Labute approximate surface area is 201 Å². The van der Waals surface area contributed by atoms with Crippen molar-refractivity contribution in [3.8, 4) is 5.69 Å². The second-order valence-electron chi connectivity index (χ2n) is 8.31. The van der Waals surface area contributed by atoms with E-state index in [9.17, 15) is 24.3 Å². The standard InChI is InChI=1S/C26H24N4O5/c1-15-7-9-20(10-8-15)27-23(31)14-29-24(32)22(28-26(29)35)13-19-11-16(2)30(17(19)3)21-6-4-5-18(12-21)25(33)34/h4-13H,14H2,1-3H3,(H,27,31)(H,28,35)(H,33,34)/b22-13-. The molecular weight excluding hydrogens is 448 g/mol. The first-order valence-electron chi connectivity index (χ1n) is 10.9. The topological polar surface area (TPSA) is 121 Å². The van der Waals surface area contributed by atoms with E-state index in [4.69, 9.17) is 0 Å². The maximum Gasteiger partial charge on any atom is 0.335 e. The number of nitrogens with zero attached hydrogens (tertiary/aromatic N) is 2. The summed E-state index contributed by atoms with van der Waals surface area (Å²) in [6, 6.07) is 14.9. The van der Waals surface area contributed by atoms with Crippen molar-refractivity contribution in [3.05, 3.63) is 88.4 Å². The third kappa shape index (κ3) is 4.84. The third-order valence-corrected chi connectivity index (χ3v) is 5.72. The molecule has 0 unspecified atom stereocenters. The molecular formula is C26H24N4O5. The van der Waals surface area contributed by atoms with Gasteiger partial charge >= 0.3 is 12.0 Å². The Morgan fingerprint density at radius 1 is 1.03 bits per heavy atom. The van der Waals surface area contributed by atoms with E-state index in [2.05, 4.69) is 10.6 Å². The number of hydrogen-bond donors (Lipinski definition) is 3. The number of carboxylic acids is 1. The first-order valence-corrected chi connectivity index (χ1v) is 10.9. The molecule has 1 aliphatic heterocycles. The van der Waals surface area contributed by atoms with Crippen LogP contribution < -0.4 is 10.6 Å². The van der Waals surface area contributed by atoms with E-state index < -0.39 is 30.4 Å². The minimum atomic E-state index is -1.03. The molecule has 1 aliphatic rings. The number of rotatable bonds is 6. The zero-order valence-electron chi connectivity index (χ0n) is 19.5. The second-order valence-corrected chi connectivity index (χ2v) is 8.31. The maximum atomic E-state index is 12.9. The highest BCUT2D eigenvalue weighted by atomic mass is 16.4. The van der Waals surface area contributed by atoms with E-state index in [0.29, 0.717) is 16.9 Å². The zero-order valence-corrected chi connectivity index (χ0v) is 19.5. The Bertz CT molecular complexity index is 1390. The normalized spacial score (nSPS) is 14.4. The lowest BCUT2D eigenvalue weighted by molar-refractivity contribution is -0.127. The van der Waals surface area contributed by atoms with E-state index in [1.807, 2.05) is 43.5 Å². The van der Waals surface area contributed by atoms with Crippen molar-refractivity contribution in [1.82, 2.24) is 14.8 Å². The summed E-state index contributed by atoms with van der Waals surface area (Å²) in [5.74, 6) is -2.12. The predicted molar refractivity (Wildman–Crippen MR) is 130 cm³/mol. The van der Waals surface area contributed by atoms with Gasteiger partial charge in [0.1, 0.15) is 12.2 Å². The van der Waals surface area contributed by atoms with Crippen LogP contribution >= 0.6 is 0 Å². The first-order chi connectivity index (χ1) is 16.6. The molecule has 178 valence electrons. The van der Waals surface area contributed by atoms with Crippen LogP contribution in [0.2, 0.25) is 0 Å². The fourth-order valence-electron chi connectivity index (χ4n) is 3.96. The number of anilines is 1. The number of hydrogen-bond acceptors (Lipinski definition) is 4. The molecule has 0 bridgehead atoms. The van der Waals surface area contributed by atoms with Crippen LogP contribution in [0.1, 0.15) is 32.9 Å². The lowest BCUT2D eigenvalue weighted by Crippen LogP contribution is -2.38. The number of urea groups is 1. The first kappa shape index (κ1) is 23.5. The molecule has 1 fully saturated rings. The molecule has 0 aliphatic carbocycles. The fourth-order valence-corrected chi connectivity index (χ4v) is 3.96. The van der Waals surface area contributed by atoms with Gasteiger partial charge in [0.25, 0.3) is 5.91 Å². The number of carboxylic acid groups (broad SMARTS) is 1. The van der Waals surface area contributed by atoms with Crippen LogP contribution in [0.3, 0.4) is 0 Å². The monoisotopic (exact) mass is 472 g/mol. The van der Waals surface area contributed by atoms with Crippen molar-refractivity contribution in [2.45, 2.75) is 20.8 Å². The Balaban J connectivity index is 1.54. The SMILES string of the molecule is Cc1ccc(NC(=O)CN2C(=O)N/C(=C\c3cc(C)n(-c4cccc(C(=O)O)c4)c3C)C2=O)cc1. The minimum absolute atomic E-state index is 0.0534. The van der Waals surface area contributed by atoms with Gasteiger partial charge in [-0.3, -0.25) is 9.59 Å². The van der Waals surface area contributed by atoms with Crippen LogP contribution in [0.5, 0.6) is 0 Å². The largest absolute Gasteiger partial charge is 0.478 e.